The highest BCUT2D eigenvalue weighted by molar-refractivity contribution is 7.16. The lowest BCUT2D eigenvalue weighted by Gasteiger charge is -2.19. The number of amides is 1. The number of rotatable bonds is 4. The molecule has 5 nitrogen and oxygen atoms in total. The molecule has 2 aromatic rings. The molecule has 1 aromatic heterocycles. The van der Waals surface area contributed by atoms with Gasteiger partial charge in [-0.2, -0.15) is 0 Å². The Morgan fingerprint density at radius 3 is 2.75 bits per heavy atom. The average molecular weight is 292 g/mol. The molecule has 1 aromatic carbocycles. The van der Waals surface area contributed by atoms with Crippen molar-refractivity contribution in [1.29, 1.82) is 0 Å². The molecule has 0 aliphatic carbocycles. The summed E-state index contributed by atoms with van der Waals surface area (Å²) >= 11 is 1.47. The van der Waals surface area contributed by atoms with E-state index in [1.165, 1.54) is 18.4 Å². The van der Waals surface area contributed by atoms with Crippen LogP contribution < -0.4 is 5.32 Å². The number of esters is 1. The van der Waals surface area contributed by atoms with Crippen molar-refractivity contribution in [1.82, 2.24) is 10.3 Å². The second-order valence-electron chi connectivity index (χ2n) is 4.75. The molecular weight excluding hydrogens is 276 g/mol. The minimum absolute atomic E-state index is 0.0430. The number of nitrogens with zero attached hydrogens (tertiary/aromatic N) is 1. The van der Waals surface area contributed by atoms with Gasteiger partial charge in [-0.05, 0) is 24.1 Å². The average Bonchev–Trinajstić information content (AvgIpc) is 2.90. The molecule has 2 rings (SSSR count). The molecule has 0 bridgehead atoms. The van der Waals surface area contributed by atoms with E-state index in [2.05, 4.69) is 10.3 Å². The monoisotopic (exact) mass is 292 g/mol. The van der Waals surface area contributed by atoms with Crippen molar-refractivity contribution >= 4 is 33.4 Å². The van der Waals surface area contributed by atoms with Crippen LogP contribution in [0.15, 0.2) is 23.7 Å². The molecule has 0 spiro atoms. The van der Waals surface area contributed by atoms with Crippen molar-refractivity contribution in [3.63, 3.8) is 0 Å². The quantitative estimate of drug-likeness (QED) is 0.877. The number of fused-ring (bicyclic) bond motifs is 1. The molecular formula is C14H16N2O3S. The lowest BCUT2D eigenvalue weighted by atomic mass is 10.0. The van der Waals surface area contributed by atoms with Crippen molar-refractivity contribution in [3.8, 4) is 0 Å². The Morgan fingerprint density at radius 2 is 2.10 bits per heavy atom. The maximum atomic E-state index is 12.2. The molecule has 20 heavy (non-hydrogen) atoms. The molecule has 0 fully saturated rings. The third kappa shape index (κ3) is 2.96. The normalized spacial score (nSPS) is 12.4. The van der Waals surface area contributed by atoms with E-state index in [9.17, 15) is 9.59 Å². The molecule has 1 N–H and O–H groups in total. The van der Waals surface area contributed by atoms with Gasteiger partial charge in [-0.1, -0.05) is 13.8 Å². The van der Waals surface area contributed by atoms with Crippen molar-refractivity contribution in [3.05, 3.63) is 29.3 Å². The van der Waals surface area contributed by atoms with Gasteiger partial charge in [0.2, 0.25) is 0 Å². The van der Waals surface area contributed by atoms with Gasteiger partial charge in [0, 0.05) is 5.56 Å². The third-order valence-electron chi connectivity index (χ3n) is 3.00. The van der Waals surface area contributed by atoms with E-state index in [1.807, 2.05) is 13.8 Å². The Bertz CT molecular complexity index is 636. The number of hydrogen-bond acceptors (Lipinski definition) is 5. The molecule has 1 atom stereocenters. The minimum atomic E-state index is -0.648. The summed E-state index contributed by atoms with van der Waals surface area (Å²) in [5.41, 5.74) is 3.11. The number of carbonyl (C=O) groups excluding carboxylic acids is 2. The summed E-state index contributed by atoms with van der Waals surface area (Å²) in [5.74, 6) is -0.768. The first-order valence-corrected chi connectivity index (χ1v) is 7.13. The summed E-state index contributed by atoms with van der Waals surface area (Å²) < 4.78 is 5.65. The Balaban J connectivity index is 2.19. The van der Waals surface area contributed by atoms with Crippen molar-refractivity contribution < 1.29 is 14.3 Å². The number of benzene rings is 1. The van der Waals surface area contributed by atoms with Gasteiger partial charge in [-0.3, -0.25) is 4.79 Å². The van der Waals surface area contributed by atoms with Crippen LogP contribution in [0.1, 0.15) is 24.2 Å². The van der Waals surface area contributed by atoms with Gasteiger partial charge in [0.15, 0.2) is 0 Å². The molecule has 1 amide bonds. The van der Waals surface area contributed by atoms with Gasteiger partial charge in [0.1, 0.15) is 6.04 Å². The predicted molar refractivity (Wildman–Crippen MR) is 77.7 cm³/mol. The van der Waals surface area contributed by atoms with E-state index in [-0.39, 0.29) is 11.8 Å². The Kier molecular flexibility index (Phi) is 4.34. The van der Waals surface area contributed by atoms with Crippen molar-refractivity contribution in [2.45, 2.75) is 19.9 Å². The molecule has 0 radical (unpaired) electrons. The zero-order valence-electron chi connectivity index (χ0n) is 11.5. The number of nitrogens with one attached hydrogen (secondary N) is 1. The standard InChI is InChI=1S/C14H16N2O3S/c1-8(2)12(14(18)19-3)16-13(17)9-4-5-10-11(6-9)20-7-15-10/h4-8,12H,1-3H3,(H,16,17). The van der Waals surface area contributed by atoms with E-state index in [0.717, 1.165) is 10.2 Å². The minimum Gasteiger partial charge on any atom is -0.467 e. The molecule has 6 heteroatoms. The summed E-state index contributed by atoms with van der Waals surface area (Å²) in [6.07, 6.45) is 0. The second-order valence-corrected chi connectivity index (χ2v) is 5.64. The fourth-order valence-corrected chi connectivity index (χ4v) is 2.56. The first kappa shape index (κ1) is 14.5. The van der Waals surface area contributed by atoms with Crippen LogP contribution >= 0.6 is 11.3 Å². The number of ether oxygens (including phenoxy) is 1. The van der Waals surface area contributed by atoms with Crippen LogP contribution in [-0.4, -0.2) is 30.0 Å². The summed E-state index contributed by atoms with van der Waals surface area (Å²) in [5, 5.41) is 2.71. The summed E-state index contributed by atoms with van der Waals surface area (Å²) in [6, 6.07) is 4.62. The summed E-state index contributed by atoms with van der Waals surface area (Å²) in [6.45, 7) is 3.71. The fraction of sp³-hybridized carbons (Fsp3) is 0.357. The lowest BCUT2D eigenvalue weighted by Crippen LogP contribution is -2.45. The topological polar surface area (TPSA) is 68.3 Å². The highest BCUT2D eigenvalue weighted by Crippen LogP contribution is 2.19. The first-order valence-electron chi connectivity index (χ1n) is 6.25. The maximum Gasteiger partial charge on any atom is 0.328 e. The second kappa shape index (κ2) is 6.00. The SMILES string of the molecule is COC(=O)C(NC(=O)c1ccc2ncsc2c1)C(C)C. The van der Waals surface area contributed by atoms with Crippen LogP contribution in [0.5, 0.6) is 0 Å². The van der Waals surface area contributed by atoms with Gasteiger partial charge < -0.3 is 10.1 Å². The first-order chi connectivity index (χ1) is 9.52. The molecule has 1 unspecified atom stereocenters. The molecule has 0 aliphatic heterocycles. The number of carbonyl (C=O) groups is 2. The van der Waals surface area contributed by atoms with Crippen molar-refractivity contribution in [2.75, 3.05) is 7.11 Å². The zero-order valence-corrected chi connectivity index (χ0v) is 12.4. The lowest BCUT2D eigenvalue weighted by molar-refractivity contribution is -0.144. The van der Waals surface area contributed by atoms with E-state index >= 15 is 0 Å². The summed E-state index contributed by atoms with van der Waals surface area (Å²) in [7, 11) is 1.31. The van der Waals surface area contributed by atoms with Gasteiger partial charge in [-0.25, -0.2) is 9.78 Å². The van der Waals surface area contributed by atoms with Crippen LogP contribution in [0.3, 0.4) is 0 Å². The van der Waals surface area contributed by atoms with Crippen LogP contribution in [0.25, 0.3) is 10.2 Å². The number of aromatic nitrogens is 1. The van der Waals surface area contributed by atoms with Crippen LogP contribution in [-0.2, 0) is 9.53 Å². The predicted octanol–water partition coefficient (Wildman–Crippen LogP) is 2.22. The third-order valence-corrected chi connectivity index (χ3v) is 3.79. The highest BCUT2D eigenvalue weighted by atomic mass is 32.1. The summed E-state index contributed by atoms with van der Waals surface area (Å²) in [4.78, 5) is 28.0. The molecule has 1 heterocycles. The van der Waals surface area contributed by atoms with E-state index in [4.69, 9.17) is 4.74 Å². The number of thiazole rings is 1. The van der Waals surface area contributed by atoms with Crippen LogP contribution in [0.2, 0.25) is 0 Å². The van der Waals surface area contributed by atoms with Gasteiger partial charge in [-0.15, -0.1) is 11.3 Å². The van der Waals surface area contributed by atoms with Gasteiger partial charge >= 0.3 is 5.97 Å². The molecule has 0 aliphatic rings. The zero-order chi connectivity index (χ0) is 14.7. The van der Waals surface area contributed by atoms with Crippen LogP contribution in [0, 0.1) is 5.92 Å². The molecule has 106 valence electrons. The number of methoxy groups -OCH3 is 1. The van der Waals surface area contributed by atoms with E-state index < -0.39 is 12.0 Å². The Labute approximate surface area is 121 Å². The number of hydrogen-bond donors (Lipinski definition) is 1. The largest absolute Gasteiger partial charge is 0.467 e. The van der Waals surface area contributed by atoms with E-state index in [1.54, 1.807) is 23.7 Å². The van der Waals surface area contributed by atoms with Crippen molar-refractivity contribution in [2.24, 2.45) is 5.92 Å². The Morgan fingerprint density at radius 1 is 1.35 bits per heavy atom. The van der Waals surface area contributed by atoms with E-state index in [0.29, 0.717) is 5.56 Å². The van der Waals surface area contributed by atoms with Crippen LogP contribution in [0.4, 0.5) is 0 Å². The Hall–Kier alpha value is -1.95. The van der Waals surface area contributed by atoms with Gasteiger partial charge in [0.05, 0.1) is 22.8 Å². The molecule has 0 saturated carbocycles. The highest BCUT2D eigenvalue weighted by Gasteiger charge is 2.25. The maximum absolute atomic E-state index is 12.2. The smallest absolute Gasteiger partial charge is 0.328 e. The molecule has 0 saturated heterocycles. The fourth-order valence-electron chi connectivity index (χ4n) is 1.85. The van der Waals surface area contributed by atoms with Gasteiger partial charge in [0.25, 0.3) is 5.91 Å².